The average molecular weight is 252 g/mol. The molecule has 0 saturated carbocycles. The number of hydrogen-bond donors (Lipinski definition) is 4. The number of nitrogens with one attached hydrogen (secondary N) is 3. The minimum absolute atomic E-state index is 0.0279. The topological polar surface area (TPSA) is 90.0 Å². The van der Waals surface area contributed by atoms with Gasteiger partial charge in [-0.1, -0.05) is 0 Å². The summed E-state index contributed by atoms with van der Waals surface area (Å²) in [7, 11) is 0. The lowest BCUT2D eigenvalue weighted by Gasteiger charge is -2.24. The molecule has 0 aromatic carbocycles. The van der Waals surface area contributed by atoms with Gasteiger partial charge in [0.15, 0.2) is 0 Å². The molecule has 3 atom stereocenters. The standard InChI is InChI=1S/C12H20N4O2/c1-7(3-8(2)17)16-12(18)10-4-9-11(5-13-10)15-6-14-9/h6-8,10,13,17H,3-5H2,1-2H3,(H,14,15)(H,16,18). The normalized spacial score (nSPS) is 22.1. The fourth-order valence-corrected chi connectivity index (χ4v) is 2.27. The summed E-state index contributed by atoms with van der Waals surface area (Å²) in [5.74, 6) is -0.0307. The largest absolute Gasteiger partial charge is 0.393 e. The molecule has 3 unspecified atom stereocenters. The molecule has 4 N–H and O–H groups in total. The van der Waals surface area contributed by atoms with E-state index in [0.717, 1.165) is 11.4 Å². The Labute approximate surface area is 106 Å². The van der Waals surface area contributed by atoms with E-state index in [9.17, 15) is 9.90 Å². The molecule has 2 rings (SSSR count). The minimum Gasteiger partial charge on any atom is -0.393 e. The van der Waals surface area contributed by atoms with Crippen molar-refractivity contribution in [2.75, 3.05) is 0 Å². The van der Waals surface area contributed by atoms with Crippen LogP contribution in [0, 0.1) is 0 Å². The number of fused-ring (bicyclic) bond motifs is 1. The number of aliphatic hydroxyl groups excluding tert-OH is 1. The van der Waals surface area contributed by atoms with Gasteiger partial charge in [0.2, 0.25) is 5.91 Å². The van der Waals surface area contributed by atoms with Crippen molar-refractivity contribution in [3.8, 4) is 0 Å². The van der Waals surface area contributed by atoms with Gasteiger partial charge in [-0.25, -0.2) is 4.98 Å². The van der Waals surface area contributed by atoms with E-state index in [2.05, 4.69) is 20.6 Å². The molecule has 0 bridgehead atoms. The van der Waals surface area contributed by atoms with Crippen LogP contribution in [0.4, 0.5) is 0 Å². The molecule has 6 nitrogen and oxygen atoms in total. The van der Waals surface area contributed by atoms with Crippen molar-refractivity contribution in [3.05, 3.63) is 17.7 Å². The number of nitrogens with zero attached hydrogens (tertiary/aromatic N) is 1. The quantitative estimate of drug-likeness (QED) is 0.592. The highest BCUT2D eigenvalue weighted by molar-refractivity contribution is 5.82. The maximum Gasteiger partial charge on any atom is 0.237 e. The number of hydrogen-bond acceptors (Lipinski definition) is 4. The van der Waals surface area contributed by atoms with Gasteiger partial charge in [-0.05, 0) is 20.3 Å². The van der Waals surface area contributed by atoms with Gasteiger partial charge < -0.3 is 15.4 Å². The molecule has 1 aliphatic rings. The lowest BCUT2D eigenvalue weighted by atomic mass is 10.0. The van der Waals surface area contributed by atoms with E-state index in [1.807, 2.05) is 6.92 Å². The number of imidazole rings is 1. The molecule has 0 radical (unpaired) electrons. The molecule has 6 heteroatoms. The first kappa shape index (κ1) is 13.0. The van der Waals surface area contributed by atoms with Crippen LogP contribution in [0.3, 0.4) is 0 Å². The van der Waals surface area contributed by atoms with Gasteiger partial charge in [-0.2, -0.15) is 0 Å². The monoisotopic (exact) mass is 252 g/mol. The highest BCUT2D eigenvalue weighted by Crippen LogP contribution is 2.12. The summed E-state index contributed by atoms with van der Waals surface area (Å²) < 4.78 is 0. The fourth-order valence-electron chi connectivity index (χ4n) is 2.27. The Kier molecular flexibility index (Phi) is 3.98. The van der Waals surface area contributed by atoms with Crippen LogP contribution in [-0.2, 0) is 17.8 Å². The summed E-state index contributed by atoms with van der Waals surface area (Å²) in [6.45, 7) is 4.25. The van der Waals surface area contributed by atoms with Crippen LogP contribution in [0.5, 0.6) is 0 Å². The lowest BCUT2D eigenvalue weighted by Crippen LogP contribution is -2.50. The van der Waals surface area contributed by atoms with Gasteiger partial charge in [0, 0.05) is 19.0 Å². The third kappa shape index (κ3) is 3.08. The smallest absolute Gasteiger partial charge is 0.237 e. The molecular formula is C12H20N4O2. The number of aromatic nitrogens is 2. The van der Waals surface area contributed by atoms with Crippen molar-refractivity contribution >= 4 is 5.91 Å². The van der Waals surface area contributed by atoms with Gasteiger partial charge in [-0.15, -0.1) is 0 Å². The van der Waals surface area contributed by atoms with Gasteiger partial charge in [-0.3, -0.25) is 10.1 Å². The second-order valence-electron chi connectivity index (χ2n) is 4.96. The van der Waals surface area contributed by atoms with Gasteiger partial charge in [0.05, 0.1) is 29.9 Å². The summed E-state index contributed by atoms with van der Waals surface area (Å²) >= 11 is 0. The van der Waals surface area contributed by atoms with Crippen LogP contribution in [0.2, 0.25) is 0 Å². The first-order chi connectivity index (χ1) is 8.56. The molecule has 1 amide bonds. The first-order valence-electron chi connectivity index (χ1n) is 6.29. The van der Waals surface area contributed by atoms with E-state index in [-0.39, 0.29) is 18.0 Å². The average Bonchev–Trinajstić information content (AvgIpc) is 2.74. The number of carbonyl (C=O) groups excluding carboxylic acids is 1. The molecule has 2 heterocycles. The Morgan fingerprint density at radius 3 is 3.17 bits per heavy atom. The third-order valence-corrected chi connectivity index (χ3v) is 3.13. The maximum atomic E-state index is 12.0. The predicted molar refractivity (Wildman–Crippen MR) is 66.8 cm³/mol. The van der Waals surface area contributed by atoms with Crippen LogP contribution in [0.1, 0.15) is 31.7 Å². The maximum absolute atomic E-state index is 12.0. The predicted octanol–water partition coefficient (Wildman–Crippen LogP) is -0.300. The van der Waals surface area contributed by atoms with E-state index in [1.54, 1.807) is 13.3 Å². The van der Waals surface area contributed by atoms with Crippen molar-refractivity contribution in [2.45, 2.75) is 51.4 Å². The Morgan fingerprint density at radius 1 is 1.67 bits per heavy atom. The van der Waals surface area contributed by atoms with Crippen molar-refractivity contribution < 1.29 is 9.90 Å². The summed E-state index contributed by atoms with van der Waals surface area (Å²) in [5, 5.41) is 15.3. The molecule has 0 spiro atoms. The molecule has 0 fully saturated rings. The van der Waals surface area contributed by atoms with Crippen LogP contribution in [0.25, 0.3) is 0 Å². The van der Waals surface area contributed by atoms with Crippen LogP contribution in [0.15, 0.2) is 6.33 Å². The number of rotatable bonds is 4. The van der Waals surface area contributed by atoms with Crippen molar-refractivity contribution in [1.29, 1.82) is 0 Å². The fraction of sp³-hybridized carbons (Fsp3) is 0.667. The van der Waals surface area contributed by atoms with E-state index >= 15 is 0 Å². The first-order valence-corrected chi connectivity index (χ1v) is 6.29. The van der Waals surface area contributed by atoms with E-state index in [4.69, 9.17) is 0 Å². The zero-order valence-electron chi connectivity index (χ0n) is 10.7. The number of aliphatic hydroxyl groups is 1. The van der Waals surface area contributed by atoms with Gasteiger partial charge in [0.25, 0.3) is 0 Å². The Bertz CT molecular complexity index is 416. The molecule has 1 aromatic rings. The van der Waals surface area contributed by atoms with E-state index in [1.165, 1.54) is 0 Å². The Hall–Kier alpha value is -1.40. The Morgan fingerprint density at radius 2 is 2.44 bits per heavy atom. The highest BCUT2D eigenvalue weighted by Gasteiger charge is 2.26. The summed E-state index contributed by atoms with van der Waals surface area (Å²) in [6.07, 6.45) is 2.42. The van der Waals surface area contributed by atoms with Crippen molar-refractivity contribution in [3.63, 3.8) is 0 Å². The van der Waals surface area contributed by atoms with Gasteiger partial charge >= 0.3 is 0 Å². The SMILES string of the molecule is CC(O)CC(C)NC(=O)C1Cc2nc[nH]c2CN1. The highest BCUT2D eigenvalue weighted by atomic mass is 16.3. The van der Waals surface area contributed by atoms with Crippen molar-refractivity contribution in [2.24, 2.45) is 0 Å². The molecule has 1 aromatic heterocycles. The van der Waals surface area contributed by atoms with Crippen LogP contribution < -0.4 is 10.6 Å². The molecule has 1 aliphatic heterocycles. The van der Waals surface area contributed by atoms with E-state index in [0.29, 0.717) is 19.4 Å². The summed E-state index contributed by atoms with van der Waals surface area (Å²) in [5.41, 5.74) is 2.01. The summed E-state index contributed by atoms with van der Waals surface area (Å²) in [4.78, 5) is 19.3. The molecule has 100 valence electrons. The zero-order valence-corrected chi connectivity index (χ0v) is 10.7. The number of amides is 1. The number of aromatic amines is 1. The Balaban J connectivity index is 1.87. The number of H-pyrrole nitrogens is 1. The molecule has 18 heavy (non-hydrogen) atoms. The zero-order chi connectivity index (χ0) is 13.1. The second kappa shape index (κ2) is 5.49. The number of carbonyl (C=O) groups is 1. The van der Waals surface area contributed by atoms with Crippen molar-refractivity contribution in [1.82, 2.24) is 20.6 Å². The third-order valence-electron chi connectivity index (χ3n) is 3.13. The lowest BCUT2D eigenvalue weighted by molar-refractivity contribution is -0.124. The minimum atomic E-state index is -0.405. The molecule has 0 saturated heterocycles. The van der Waals surface area contributed by atoms with Crippen LogP contribution in [-0.4, -0.2) is 39.2 Å². The van der Waals surface area contributed by atoms with Crippen LogP contribution >= 0.6 is 0 Å². The van der Waals surface area contributed by atoms with Gasteiger partial charge in [0.1, 0.15) is 0 Å². The second-order valence-corrected chi connectivity index (χ2v) is 4.96. The van der Waals surface area contributed by atoms with E-state index < -0.39 is 6.10 Å². The summed E-state index contributed by atoms with van der Waals surface area (Å²) in [6, 6.07) is -0.267. The molecular weight excluding hydrogens is 232 g/mol. The molecule has 0 aliphatic carbocycles.